The summed E-state index contributed by atoms with van der Waals surface area (Å²) in [5.41, 5.74) is 11.3. The lowest BCUT2D eigenvalue weighted by molar-refractivity contribution is -0.139. The Morgan fingerprint density at radius 3 is 2.66 bits per heavy atom. The van der Waals surface area contributed by atoms with E-state index in [2.05, 4.69) is 15.0 Å². The maximum Gasteiger partial charge on any atom is 0.241 e. The van der Waals surface area contributed by atoms with Crippen LogP contribution in [0.1, 0.15) is 44.6 Å². The Balaban J connectivity index is 1.86. The highest BCUT2D eigenvalue weighted by molar-refractivity contribution is 7.88. The number of hydrogen-bond donors (Lipinski definition) is 4. The smallest absolute Gasteiger partial charge is 0.241 e. The van der Waals surface area contributed by atoms with Crippen LogP contribution < -0.4 is 21.5 Å². The van der Waals surface area contributed by atoms with Crippen LogP contribution in [0, 0.1) is 0 Å². The third-order valence-electron chi connectivity index (χ3n) is 5.25. The third kappa shape index (κ3) is 8.83. The zero-order chi connectivity index (χ0) is 23.6. The first kappa shape index (κ1) is 25.6. The van der Waals surface area contributed by atoms with E-state index < -0.39 is 16.1 Å². The summed E-state index contributed by atoms with van der Waals surface area (Å²) in [7, 11) is -3.69. The second kappa shape index (κ2) is 12.4. The molecule has 2 atom stereocenters. The molecule has 0 aromatic heterocycles. The molecule has 1 aliphatic heterocycles. The maximum absolute atomic E-state index is 12.8. The monoisotopic (exact) mass is 466 g/mol. The van der Waals surface area contributed by atoms with Gasteiger partial charge in [0.25, 0.3) is 0 Å². The average Bonchev–Trinajstić information content (AvgIpc) is 2.73. The van der Waals surface area contributed by atoms with Crippen molar-refractivity contribution in [2.75, 3.05) is 19.6 Å². The topological polar surface area (TPSA) is 160 Å². The Kier molecular flexibility index (Phi) is 9.92. The summed E-state index contributed by atoms with van der Waals surface area (Å²) in [4.78, 5) is 30.6. The number of carbonyl (C=O) groups excluding carboxylic acids is 2. The van der Waals surface area contributed by atoms with E-state index in [4.69, 9.17) is 11.5 Å². The highest BCUT2D eigenvalue weighted by Gasteiger charge is 2.33. The molecule has 178 valence electrons. The van der Waals surface area contributed by atoms with Crippen LogP contribution >= 0.6 is 0 Å². The van der Waals surface area contributed by atoms with Crippen molar-refractivity contribution >= 4 is 27.8 Å². The lowest BCUT2D eigenvalue weighted by Gasteiger charge is -2.32. The normalized spacial score (nSPS) is 17.6. The fraction of sp³-hybridized carbons (Fsp3) is 0.571. The van der Waals surface area contributed by atoms with E-state index in [1.165, 1.54) is 4.90 Å². The highest BCUT2D eigenvalue weighted by Crippen LogP contribution is 2.14. The molecule has 6 N–H and O–H groups in total. The molecule has 1 aromatic rings. The van der Waals surface area contributed by atoms with E-state index >= 15 is 0 Å². The van der Waals surface area contributed by atoms with Crippen LogP contribution in [-0.2, 0) is 25.4 Å². The summed E-state index contributed by atoms with van der Waals surface area (Å²) in [6.45, 7) is 2.78. The van der Waals surface area contributed by atoms with Crippen molar-refractivity contribution in [3.05, 3.63) is 35.9 Å². The molecule has 32 heavy (non-hydrogen) atoms. The van der Waals surface area contributed by atoms with Crippen molar-refractivity contribution in [3.8, 4) is 0 Å². The summed E-state index contributed by atoms with van der Waals surface area (Å²) >= 11 is 0. The van der Waals surface area contributed by atoms with Crippen molar-refractivity contribution in [2.24, 2.45) is 16.5 Å². The van der Waals surface area contributed by atoms with Gasteiger partial charge in [-0.1, -0.05) is 37.3 Å². The van der Waals surface area contributed by atoms with E-state index in [0.717, 1.165) is 19.3 Å². The van der Waals surface area contributed by atoms with Crippen LogP contribution in [0.15, 0.2) is 35.3 Å². The number of guanidine groups is 1. The Morgan fingerprint density at radius 2 is 2.00 bits per heavy atom. The van der Waals surface area contributed by atoms with Crippen LogP contribution in [0.25, 0.3) is 0 Å². The van der Waals surface area contributed by atoms with Crippen molar-refractivity contribution < 1.29 is 18.0 Å². The van der Waals surface area contributed by atoms with Crippen LogP contribution in [0.2, 0.25) is 0 Å². The molecule has 1 aliphatic rings. The molecular weight excluding hydrogens is 432 g/mol. The minimum atomic E-state index is -3.69. The highest BCUT2D eigenvalue weighted by atomic mass is 32.2. The fourth-order valence-corrected chi connectivity index (χ4v) is 5.00. The second-order valence-corrected chi connectivity index (χ2v) is 9.69. The number of nitrogens with two attached hydrogens (primary N) is 2. The quantitative estimate of drug-likeness (QED) is 0.193. The summed E-state index contributed by atoms with van der Waals surface area (Å²) < 4.78 is 27.5. The van der Waals surface area contributed by atoms with E-state index in [1.807, 2.05) is 13.0 Å². The van der Waals surface area contributed by atoms with Crippen LogP contribution in [0.3, 0.4) is 0 Å². The molecule has 1 saturated heterocycles. The first-order valence-corrected chi connectivity index (χ1v) is 12.5. The molecule has 1 heterocycles. The second-order valence-electron chi connectivity index (χ2n) is 7.94. The molecule has 0 saturated carbocycles. The number of nitrogens with zero attached hydrogens (tertiary/aromatic N) is 2. The van der Waals surface area contributed by atoms with Gasteiger partial charge in [0.1, 0.15) is 6.04 Å². The average molecular weight is 467 g/mol. The van der Waals surface area contributed by atoms with Crippen molar-refractivity contribution in [1.29, 1.82) is 0 Å². The number of rotatable bonds is 12. The number of carbonyl (C=O) groups is 2. The third-order valence-corrected chi connectivity index (χ3v) is 6.61. The molecular formula is C21H34N6O4S. The van der Waals surface area contributed by atoms with Crippen LogP contribution in [0.5, 0.6) is 0 Å². The lowest BCUT2D eigenvalue weighted by atomic mass is 10.1. The van der Waals surface area contributed by atoms with Crippen LogP contribution in [-0.4, -0.2) is 62.8 Å². The van der Waals surface area contributed by atoms with Gasteiger partial charge in [-0.05, 0) is 37.7 Å². The minimum Gasteiger partial charge on any atom is -0.370 e. The maximum atomic E-state index is 12.8. The number of benzene rings is 1. The molecule has 0 aliphatic carbocycles. The SMILES string of the molecule is CCC(CCCN=C(N)N)NC(=O)CN1CCCC(NS(=O)(=O)Cc2ccccc2)C1=O. The van der Waals surface area contributed by atoms with Gasteiger partial charge in [-0.15, -0.1) is 0 Å². The van der Waals surface area contributed by atoms with Crippen molar-refractivity contribution in [3.63, 3.8) is 0 Å². The van der Waals surface area contributed by atoms with Crippen molar-refractivity contribution in [2.45, 2.75) is 56.9 Å². The molecule has 0 bridgehead atoms. The molecule has 1 aromatic carbocycles. The molecule has 2 amide bonds. The zero-order valence-corrected chi connectivity index (χ0v) is 19.3. The summed E-state index contributed by atoms with van der Waals surface area (Å²) in [5.74, 6) is -0.792. The van der Waals surface area contributed by atoms with Gasteiger partial charge in [-0.25, -0.2) is 13.1 Å². The molecule has 1 fully saturated rings. The molecule has 10 nitrogen and oxygen atoms in total. The largest absolute Gasteiger partial charge is 0.370 e. The summed E-state index contributed by atoms with van der Waals surface area (Å²) in [6.07, 6.45) is 3.21. The van der Waals surface area contributed by atoms with Gasteiger partial charge in [0, 0.05) is 19.1 Å². The van der Waals surface area contributed by atoms with E-state index in [1.54, 1.807) is 24.3 Å². The first-order chi connectivity index (χ1) is 15.2. The van der Waals surface area contributed by atoms with Gasteiger partial charge in [0.2, 0.25) is 21.8 Å². The number of aliphatic imine (C=N–C) groups is 1. The lowest BCUT2D eigenvalue weighted by Crippen LogP contribution is -2.54. The number of nitrogens with one attached hydrogen (secondary N) is 2. The molecule has 2 rings (SSSR count). The number of piperidine rings is 1. The van der Waals surface area contributed by atoms with E-state index in [-0.39, 0.29) is 36.1 Å². The number of likely N-dealkylation sites (tertiary alicyclic amines) is 1. The van der Waals surface area contributed by atoms with E-state index in [9.17, 15) is 18.0 Å². The van der Waals surface area contributed by atoms with Gasteiger partial charge in [-0.2, -0.15) is 0 Å². The Bertz CT molecular complexity index is 887. The van der Waals surface area contributed by atoms with Gasteiger partial charge in [0.05, 0.1) is 12.3 Å². The van der Waals surface area contributed by atoms with Gasteiger partial charge < -0.3 is 21.7 Å². The Hall–Kier alpha value is -2.66. The minimum absolute atomic E-state index is 0.0413. The summed E-state index contributed by atoms with van der Waals surface area (Å²) in [5, 5.41) is 2.94. The number of amides is 2. The van der Waals surface area contributed by atoms with E-state index in [0.29, 0.717) is 31.5 Å². The van der Waals surface area contributed by atoms with Crippen LogP contribution in [0.4, 0.5) is 0 Å². The van der Waals surface area contributed by atoms with Gasteiger partial charge in [-0.3, -0.25) is 14.6 Å². The predicted octanol–water partition coefficient (Wildman–Crippen LogP) is 0.0454. The Labute approximate surface area is 189 Å². The first-order valence-electron chi connectivity index (χ1n) is 10.9. The predicted molar refractivity (Wildman–Crippen MR) is 124 cm³/mol. The molecule has 11 heteroatoms. The van der Waals surface area contributed by atoms with Crippen molar-refractivity contribution in [1.82, 2.24) is 14.9 Å². The number of sulfonamides is 1. The summed E-state index contributed by atoms with van der Waals surface area (Å²) in [6, 6.07) is 7.89. The fourth-order valence-electron chi connectivity index (χ4n) is 3.63. The Morgan fingerprint density at radius 1 is 1.28 bits per heavy atom. The molecule has 2 unspecified atom stereocenters. The van der Waals surface area contributed by atoms with Gasteiger partial charge in [0.15, 0.2) is 5.96 Å². The number of hydrogen-bond acceptors (Lipinski definition) is 5. The molecule has 0 spiro atoms. The zero-order valence-electron chi connectivity index (χ0n) is 18.5. The standard InChI is InChI=1S/C21H34N6O4S/c1-2-17(10-6-12-24-21(22)23)25-19(28)14-27-13-7-11-18(20(27)29)26-32(30,31)15-16-8-4-3-5-9-16/h3-5,8-9,17-18,26H,2,6-7,10-15H2,1H3,(H,25,28)(H4,22,23,24). The molecule has 0 radical (unpaired) electrons. The van der Waals surface area contributed by atoms with Gasteiger partial charge >= 0.3 is 0 Å².